The van der Waals surface area contributed by atoms with Gasteiger partial charge in [-0.15, -0.1) is 24.0 Å². The number of likely N-dealkylation sites (tertiary alicyclic amines) is 1. The van der Waals surface area contributed by atoms with Crippen molar-refractivity contribution in [3.63, 3.8) is 0 Å². The van der Waals surface area contributed by atoms with Gasteiger partial charge in [0.15, 0.2) is 5.96 Å². The van der Waals surface area contributed by atoms with Gasteiger partial charge in [-0.3, -0.25) is 4.99 Å². The molecule has 2 fully saturated rings. The average molecular weight is 488 g/mol. The van der Waals surface area contributed by atoms with Gasteiger partial charge in [0, 0.05) is 51.8 Å². The first kappa shape index (κ1) is 22.9. The molecule has 0 saturated carbocycles. The van der Waals surface area contributed by atoms with Gasteiger partial charge in [0.2, 0.25) is 10.0 Å². The summed E-state index contributed by atoms with van der Waals surface area (Å²) in [5.74, 6) is 1.09. The molecule has 2 aliphatic rings. The van der Waals surface area contributed by atoms with Gasteiger partial charge in [-0.1, -0.05) is 0 Å². The molecule has 0 aromatic heterocycles. The molecular weight excluding hydrogens is 455 g/mol. The van der Waals surface area contributed by atoms with Crippen molar-refractivity contribution < 1.29 is 13.2 Å². The van der Waals surface area contributed by atoms with Gasteiger partial charge < -0.3 is 15.0 Å². The lowest BCUT2D eigenvalue weighted by Crippen LogP contribution is -2.41. The van der Waals surface area contributed by atoms with E-state index in [0.717, 1.165) is 58.1 Å². The molecule has 0 bridgehead atoms. The van der Waals surface area contributed by atoms with Crippen molar-refractivity contribution in [3.8, 4) is 0 Å². The molecule has 0 radical (unpaired) electrons. The van der Waals surface area contributed by atoms with E-state index in [-0.39, 0.29) is 29.7 Å². The molecule has 0 amide bonds. The second-order valence-electron chi connectivity index (χ2n) is 6.79. The minimum atomic E-state index is -3.10. The number of ether oxygens (including phenoxy) is 1. The number of sulfonamides is 1. The van der Waals surface area contributed by atoms with Crippen LogP contribution in [0.2, 0.25) is 0 Å². The highest BCUT2D eigenvalue weighted by Gasteiger charge is 2.42. The lowest BCUT2D eigenvalue weighted by atomic mass is 9.87. The third-order valence-electron chi connectivity index (χ3n) is 4.99. The van der Waals surface area contributed by atoms with Crippen molar-refractivity contribution in [2.45, 2.75) is 33.1 Å². The zero-order valence-electron chi connectivity index (χ0n) is 15.7. The van der Waals surface area contributed by atoms with Crippen LogP contribution in [0.1, 0.15) is 33.1 Å². The van der Waals surface area contributed by atoms with Crippen LogP contribution >= 0.6 is 24.0 Å². The fourth-order valence-corrected chi connectivity index (χ4v) is 4.20. The van der Waals surface area contributed by atoms with Crippen molar-refractivity contribution in [1.82, 2.24) is 14.5 Å². The van der Waals surface area contributed by atoms with E-state index in [2.05, 4.69) is 17.1 Å². The van der Waals surface area contributed by atoms with Gasteiger partial charge in [0.05, 0.1) is 12.4 Å². The Morgan fingerprint density at radius 1 is 1.36 bits per heavy atom. The zero-order chi connectivity index (χ0) is 17.6. The van der Waals surface area contributed by atoms with E-state index >= 15 is 0 Å². The van der Waals surface area contributed by atoms with Crippen LogP contribution in [0, 0.1) is 5.41 Å². The Labute approximate surface area is 169 Å². The molecule has 2 saturated heterocycles. The van der Waals surface area contributed by atoms with Crippen molar-refractivity contribution in [2.24, 2.45) is 10.4 Å². The van der Waals surface area contributed by atoms with E-state index in [0.29, 0.717) is 18.5 Å². The summed E-state index contributed by atoms with van der Waals surface area (Å²) in [6.07, 6.45) is 3.03. The monoisotopic (exact) mass is 488 g/mol. The Kier molecular flexibility index (Phi) is 9.41. The normalized spacial score (nSPS) is 24.2. The van der Waals surface area contributed by atoms with E-state index in [1.54, 1.807) is 14.0 Å². The molecule has 2 aliphatic heterocycles. The number of hydrogen-bond donors (Lipinski definition) is 1. The maximum Gasteiger partial charge on any atom is 0.213 e. The number of rotatable bonds is 7. The predicted octanol–water partition coefficient (Wildman–Crippen LogP) is 1.35. The van der Waals surface area contributed by atoms with Crippen LogP contribution in [-0.4, -0.2) is 82.3 Å². The van der Waals surface area contributed by atoms with Gasteiger partial charge in [-0.2, -0.15) is 0 Å². The summed E-state index contributed by atoms with van der Waals surface area (Å²) in [6, 6.07) is 0. The van der Waals surface area contributed by atoms with Gasteiger partial charge in [0.1, 0.15) is 0 Å². The molecule has 0 aromatic carbocycles. The first-order valence-electron chi connectivity index (χ1n) is 8.97. The second kappa shape index (κ2) is 10.3. The van der Waals surface area contributed by atoms with Crippen LogP contribution in [0.3, 0.4) is 0 Å². The molecule has 148 valence electrons. The SMILES string of the molecule is CCNC(=NCCCN(C)S(=O)(=O)CC)N1CCC2(CCOC2)C1.I. The van der Waals surface area contributed by atoms with Crippen molar-refractivity contribution in [2.75, 3.05) is 58.7 Å². The summed E-state index contributed by atoms with van der Waals surface area (Å²) >= 11 is 0. The Hall–Kier alpha value is -0.130. The van der Waals surface area contributed by atoms with E-state index < -0.39 is 10.0 Å². The fraction of sp³-hybridized carbons (Fsp3) is 0.938. The Balaban J connectivity index is 0.00000312. The van der Waals surface area contributed by atoms with E-state index in [4.69, 9.17) is 9.73 Å². The fourth-order valence-electron chi connectivity index (χ4n) is 3.35. The number of nitrogens with one attached hydrogen (secondary N) is 1. The topological polar surface area (TPSA) is 74.2 Å². The van der Waals surface area contributed by atoms with E-state index in [1.165, 1.54) is 4.31 Å². The van der Waals surface area contributed by atoms with Gasteiger partial charge in [0.25, 0.3) is 0 Å². The third-order valence-corrected chi connectivity index (χ3v) is 6.85. The lowest BCUT2D eigenvalue weighted by Gasteiger charge is -2.25. The molecular formula is C16H33IN4O3S. The van der Waals surface area contributed by atoms with Crippen LogP contribution < -0.4 is 5.32 Å². The molecule has 1 N–H and O–H groups in total. The minimum absolute atomic E-state index is 0. The molecule has 2 heterocycles. The summed E-state index contributed by atoms with van der Waals surface area (Å²) < 4.78 is 30.5. The van der Waals surface area contributed by atoms with E-state index in [1.807, 2.05) is 0 Å². The van der Waals surface area contributed by atoms with Crippen molar-refractivity contribution in [3.05, 3.63) is 0 Å². The maximum absolute atomic E-state index is 11.7. The summed E-state index contributed by atoms with van der Waals surface area (Å²) in [7, 11) is -1.46. The Morgan fingerprint density at radius 3 is 2.72 bits per heavy atom. The smallest absolute Gasteiger partial charge is 0.213 e. The van der Waals surface area contributed by atoms with Crippen LogP contribution in [0.15, 0.2) is 4.99 Å². The number of guanidine groups is 1. The second-order valence-corrected chi connectivity index (χ2v) is 9.15. The maximum atomic E-state index is 11.7. The summed E-state index contributed by atoms with van der Waals surface area (Å²) in [4.78, 5) is 7.02. The molecule has 1 unspecified atom stereocenters. The quantitative estimate of drug-likeness (QED) is 0.254. The summed E-state index contributed by atoms with van der Waals surface area (Å²) in [5, 5.41) is 3.36. The zero-order valence-corrected chi connectivity index (χ0v) is 18.8. The van der Waals surface area contributed by atoms with Gasteiger partial charge in [-0.25, -0.2) is 12.7 Å². The summed E-state index contributed by atoms with van der Waals surface area (Å²) in [5.41, 5.74) is 0.311. The highest BCUT2D eigenvalue weighted by molar-refractivity contribution is 14.0. The van der Waals surface area contributed by atoms with Crippen LogP contribution in [-0.2, 0) is 14.8 Å². The Bertz CT molecular complexity index is 535. The van der Waals surface area contributed by atoms with Crippen LogP contribution in [0.5, 0.6) is 0 Å². The van der Waals surface area contributed by atoms with Gasteiger partial charge >= 0.3 is 0 Å². The molecule has 0 aromatic rings. The number of aliphatic imine (C=N–C) groups is 1. The molecule has 2 rings (SSSR count). The van der Waals surface area contributed by atoms with Crippen molar-refractivity contribution in [1.29, 1.82) is 0 Å². The molecule has 1 spiro atoms. The molecule has 9 heteroatoms. The number of nitrogens with zero attached hydrogens (tertiary/aromatic N) is 3. The molecule has 0 aliphatic carbocycles. The number of halogens is 1. The standard InChI is InChI=1S/C16H32N4O3S.HI/c1-4-17-15(18-9-6-10-19(3)24(21,22)5-2)20-11-7-16(13-20)8-12-23-14-16;/h4-14H2,1-3H3,(H,17,18);1H. The highest BCUT2D eigenvalue weighted by Crippen LogP contribution is 2.38. The number of hydrogen-bond acceptors (Lipinski definition) is 4. The predicted molar refractivity (Wildman–Crippen MR) is 112 cm³/mol. The van der Waals surface area contributed by atoms with E-state index in [9.17, 15) is 8.42 Å². The minimum Gasteiger partial charge on any atom is -0.381 e. The highest BCUT2D eigenvalue weighted by atomic mass is 127. The molecule has 25 heavy (non-hydrogen) atoms. The Morgan fingerprint density at radius 2 is 2.12 bits per heavy atom. The van der Waals surface area contributed by atoms with Crippen LogP contribution in [0.25, 0.3) is 0 Å². The van der Waals surface area contributed by atoms with Crippen molar-refractivity contribution >= 4 is 40.0 Å². The average Bonchev–Trinajstić information content (AvgIpc) is 3.20. The first-order valence-corrected chi connectivity index (χ1v) is 10.6. The molecule has 1 atom stereocenters. The van der Waals surface area contributed by atoms with Crippen LogP contribution in [0.4, 0.5) is 0 Å². The lowest BCUT2D eigenvalue weighted by molar-refractivity contribution is 0.156. The largest absolute Gasteiger partial charge is 0.381 e. The van der Waals surface area contributed by atoms with Gasteiger partial charge in [-0.05, 0) is 33.1 Å². The molecule has 7 nitrogen and oxygen atoms in total. The first-order chi connectivity index (χ1) is 11.4. The third kappa shape index (κ3) is 6.21. The summed E-state index contributed by atoms with van der Waals surface area (Å²) in [6.45, 7) is 9.47.